The van der Waals surface area contributed by atoms with Crippen molar-refractivity contribution in [2.75, 3.05) is 7.11 Å². The summed E-state index contributed by atoms with van der Waals surface area (Å²) >= 11 is 13.5. The summed E-state index contributed by atoms with van der Waals surface area (Å²) in [6, 6.07) is 10.2. The topological polar surface area (TPSA) is 9.23 Å². The molecule has 1 unspecified atom stereocenters. The van der Waals surface area contributed by atoms with Crippen molar-refractivity contribution in [3.05, 3.63) is 62.1 Å². The Morgan fingerprint density at radius 1 is 1.10 bits per heavy atom. The van der Waals surface area contributed by atoms with E-state index in [9.17, 15) is 0 Å². The van der Waals surface area contributed by atoms with Crippen molar-refractivity contribution in [2.45, 2.75) is 18.7 Å². The first-order chi connectivity index (χ1) is 9.43. The standard InChI is InChI=1S/C16H15Br2ClO/c1-9-7-14(19)10(2)6-12(9)16(18)11-4-5-15(20-3)13(17)8-11/h4-8,16H,1-3H3. The molecule has 0 aromatic heterocycles. The molecular weight excluding hydrogens is 403 g/mol. The molecule has 0 bridgehead atoms. The average molecular weight is 419 g/mol. The van der Waals surface area contributed by atoms with E-state index in [-0.39, 0.29) is 4.83 Å². The minimum absolute atomic E-state index is 0.126. The summed E-state index contributed by atoms with van der Waals surface area (Å²) in [6.07, 6.45) is 0. The SMILES string of the molecule is COc1ccc(C(Br)c2cc(C)c(Cl)cc2C)cc1Br. The van der Waals surface area contributed by atoms with Crippen LogP contribution in [0.5, 0.6) is 5.75 Å². The number of alkyl halides is 1. The maximum atomic E-state index is 6.16. The fourth-order valence-electron chi connectivity index (χ4n) is 2.10. The highest BCUT2D eigenvalue weighted by Gasteiger charge is 2.15. The van der Waals surface area contributed by atoms with Crippen molar-refractivity contribution in [1.82, 2.24) is 0 Å². The monoisotopic (exact) mass is 416 g/mol. The molecule has 0 saturated carbocycles. The molecule has 0 heterocycles. The van der Waals surface area contributed by atoms with Gasteiger partial charge < -0.3 is 4.74 Å². The van der Waals surface area contributed by atoms with E-state index in [4.69, 9.17) is 16.3 Å². The Hall–Kier alpha value is -0.510. The van der Waals surface area contributed by atoms with Crippen LogP contribution in [0.25, 0.3) is 0 Å². The highest BCUT2D eigenvalue weighted by atomic mass is 79.9. The van der Waals surface area contributed by atoms with Crippen LogP contribution in [0.2, 0.25) is 5.02 Å². The van der Waals surface area contributed by atoms with Gasteiger partial charge in [-0.25, -0.2) is 0 Å². The van der Waals surface area contributed by atoms with Crippen LogP contribution in [-0.4, -0.2) is 7.11 Å². The van der Waals surface area contributed by atoms with Gasteiger partial charge in [0.2, 0.25) is 0 Å². The molecule has 0 radical (unpaired) electrons. The van der Waals surface area contributed by atoms with Crippen molar-refractivity contribution >= 4 is 43.5 Å². The molecule has 2 rings (SSSR count). The van der Waals surface area contributed by atoms with Crippen molar-refractivity contribution < 1.29 is 4.74 Å². The van der Waals surface area contributed by atoms with Gasteiger partial charge in [0, 0.05) is 5.02 Å². The summed E-state index contributed by atoms with van der Waals surface area (Å²) in [6.45, 7) is 4.10. The van der Waals surface area contributed by atoms with Gasteiger partial charge in [-0.3, -0.25) is 0 Å². The fourth-order valence-corrected chi connectivity index (χ4v) is 3.65. The molecule has 1 nitrogen and oxygen atoms in total. The Kier molecular flexibility index (Phi) is 5.16. The smallest absolute Gasteiger partial charge is 0.133 e. The van der Waals surface area contributed by atoms with Gasteiger partial charge in [-0.2, -0.15) is 0 Å². The summed E-state index contributed by atoms with van der Waals surface area (Å²) in [7, 11) is 1.66. The molecule has 2 aromatic rings. The molecule has 106 valence electrons. The Labute approximate surface area is 141 Å². The third-order valence-corrected chi connectivity index (χ3v) is 5.34. The summed E-state index contributed by atoms with van der Waals surface area (Å²) in [5.74, 6) is 0.831. The highest BCUT2D eigenvalue weighted by molar-refractivity contribution is 9.10. The first-order valence-electron chi connectivity index (χ1n) is 6.18. The van der Waals surface area contributed by atoms with Crippen LogP contribution in [0.15, 0.2) is 34.8 Å². The number of hydrogen-bond acceptors (Lipinski definition) is 1. The third kappa shape index (κ3) is 3.21. The van der Waals surface area contributed by atoms with Crippen molar-refractivity contribution in [2.24, 2.45) is 0 Å². The summed E-state index contributed by atoms with van der Waals surface area (Å²) in [4.78, 5) is 0.126. The lowest BCUT2D eigenvalue weighted by molar-refractivity contribution is 0.412. The fraction of sp³-hybridized carbons (Fsp3) is 0.250. The van der Waals surface area contributed by atoms with E-state index < -0.39 is 0 Å². The predicted molar refractivity (Wildman–Crippen MR) is 92.4 cm³/mol. The van der Waals surface area contributed by atoms with Crippen LogP contribution in [0.3, 0.4) is 0 Å². The first kappa shape index (κ1) is 15.9. The summed E-state index contributed by atoms with van der Waals surface area (Å²) in [5.41, 5.74) is 4.66. The Balaban J connectivity index is 2.43. The van der Waals surface area contributed by atoms with E-state index in [0.29, 0.717) is 0 Å². The second-order valence-electron chi connectivity index (χ2n) is 4.71. The van der Waals surface area contributed by atoms with E-state index >= 15 is 0 Å². The van der Waals surface area contributed by atoms with Gasteiger partial charge in [0.05, 0.1) is 16.4 Å². The van der Waals surface area contributed by atoms with Gasteiger partial charge in [0.25, 0.3) is 0 Å². The van der Waals surface area contributed by atoms with E-state index in [2.05, 4.69) is 57.0 Å². The van der Waals surface area contributed by atoms with Gasteiger partial charge in [0.1, 0.15) is 5.75 Å². The lowest BCUT2D eigenvalue weighted by Gasteiger charge is -2.16. The summed E-state index contributed by atoms with van der Waals surface area (Å²) < 4.78 is 6.21. The van der Waals surface area contributed by atoms with Gasteiger partial charge in [-0.1, -0.05) is 39.7 Å². The normalized spacial score (nSPS) is 12.3. The third-order valence-electron chi connectivity index (χ3n) is 3.29. The molecule has 20 heavy (non-hydrogen) atoms. The Morgan fingerprint density at radius 3 is 2.40 bits per heavy atom. The molecule has 0 aliphatic carbocycles. The number of hydrogen-bond donors (Lipinski definition) is 0. The number of rotatable bonds is 3. The van der Waals surface area contributed by atoms with Gasteiger partial charge in [-0.05, 0) is 70.2 Å². The minimum Gasteiger partial charge on any atom is -0.496 e. The average Bonchev–Trinajstić information content (AvgIpc) is 2.42. The van der Waals surface area contributed by atoms with Crippen LogP contribution in [0.4, 0.5) is 0 Å². The second-order valence-corrected chi connectivity index (χ2v) is 6.89. The zero-order valence-corrected chi connectivity index (χ0v) is 15.4. The predicted octanol–water partition coefficient (Wildman–Crippen LogP) is 6.21. The lowest BCUT2D eigenvalue weighted by Crippen LogP contribution is -1.98. The maximum absolute atomic E-state index is 6.16. The van der Waals surface area contributed by atoms with Crippen molar-refractivity contribution in [3.63, 3.8) is 0 Å². The molecule has 0 spiro atoms. The highest BCUT2D eigenvalue weighted by Crippen LogP contribution is 2.37. The number of benzene rings is 2. The van der Waals surface area contributed by atoms with Crippen LogP contribution in [0, 0.1) is 13.8 Å². The van der Waals surface area contributed by atoms with Gasteiger partial charge >= 0.3 is 0 Å². The molecule has 0 amide bonds. The quantitative estimate of drug-likeness (QED) is 0.538. The molecule has 0 aliphatic heterocycles. The summed E-state index contributed by atoms with van der Waals surface area (Å²) in [5, 5.41) is 0.807. The molecule has 1 atom stereocenters. The molecule has 2 aromatic carbocycles. The zero-order chi connectivity index (χ0) is 14.9. The van der Waals surface area contributed by atoms with Gasteiger partial charge in [-0.15, -0.1) is 0 Å². The van der Waals surface area contributed by atoms with Crippen LogP contribution in [0.1, 0.15) is 27.1 Å². The van der Waals surface area contributed by atoms with E-state index in [1.165, 1.54) is 16.7 Å². The molecule has 4 heteroatoms. The molecular formula is C16H15Br2ClO. The van der Waals surface area contributed by atoms with Crippen molar-refractivity contribution in [3.8, 4) is 5.75 Å². The number of halogens is 3. The van der Waals surface area contributed by atoms with E-state index in [0.717, 1.165) is 20.8 Å². The molecule has 0 fully saturated rings. The first-order valence-corrected chi connectivity index (χ1v) is 8.27. The van der Waals surface area contributed by atoms with Crippen molar-refractivity contribution in [1.29, 1.82) is 0 Å². The molecule has 0 aliphatic rings. The number of aryl methyl sites for hydroxylation is 2. The molecule has 0 saturated heterocycles. The minimum atomic E-state index is 0.126. The second kappa shape index (κ2) is 6.50. The van der Waals surface area contributed by atoms with Gasteiger partial charge in [0.15, 0.2) is 0 Å². The van der Waals surface area contributed by atoms with Crippen LogP contribution < -0.4 is 4.74 Å². The van der Waals surface area contributed by atoms with Crippen LogP contribution >= 0.6 is 43.5 Å². The number of methoxy groups -OCH3 is 1. The Morgan fingerprint density at radius 2 is 1.80 bits per heavy atom. The van der Waals surface area contributed by atoms with E-state index in [1.54, 1.807) is 7.11 Å². The molecule has 0 N–H and O–H groups in total. The Bertz CT molecular complexity index is 641. The van der Waals surface area contributed by atoms with E-state index in [1.807, 2.05) is 19.1 Å². The number of ether oxygens (including phenoxy) is 1. The largest absolute Gasteiger partial charge is 0.496 e. The van der Waals surface area contributed by atoms with Crippen LogP contribution in [-0.2, 0) is 0 Å². The zero-order valence-electron chi connectivity index (χ0n) is 11.5. The maximum Gasteiger partial charge on any atom is 0.133 e. The lowest BCUT2D eigenvalue weighted by atomic mass is 9.98.